The third-order valence-corrected chi connectivity index (χ3v) is 4.05. The van der Waals surface area contributed by atoms with Gasteiger partial charge in [-0.25, -0.2) is 0 Å². The first kappa shape index (κ1) is 15.0. The Bertz CT molecular complexity index is 471. The molecule has 1 aliphatic heterocycles. The minimum atomic E-state index is 0.137. The van der Waals surface area contributed by atoms with Crippen LogP contribution in [0.25, 0.3) is 0 Å². The van der Waals surface area contributed by atoms with E-state index < -0.39 is 0 Å². The average Bonchev–Trinajstić information content (AvgIpc) is 2.42. The Morgan fingerprint density at radius 3 is 2.95 bits per heavy atom. The first-order chi connectivity index (χ1) is 9.60. The molecule has 3 N–H and O–H groups in total. The second-order valence-corrected chi connectivity index (χ2v) is 5.75. The monoisotopic (exact) mass is 275 g/mol. The Morgan fingerprint density at radius 2 is 2.30 bits per heavy atom. The van der Waals surface area contributed by atoms with Gasteiger partial charge in [0.25, 0.3) is 0 Å². The fraction of sp³-hybridized carbons (Fsp3) is 0.562. The van der Waals surface area contributed by atoms with Gasteiger partial charge in [-0.1, -0.05) is 12.1 Å². The van der Waals surface area contributed by atoms with Crippen LogP contribution in [0.15, 0.2) is 18.2 Å². The lowest BCUT2D eigenvalue weighted by molar-refractivity contribution is 0.0873. The summed E-state index contributed by atoms with van der Waals surface area (Å²) in [5.41, 5.74) is 8.88. The smallest absolute Gasteiger partial charge is 0.122 e. The Balaban J connectivity index is 2.00. The average molecular weight is 275 g/mol. The summed E-state index contributed by atoms with van der Waals surface area (Å²) in [4.78, 5) is 2.50. The van der Waals surface area contributed by atoms with Gasteiger partial charge < -0.3 is 10.5 Å². The predicted octanol–water partition coefficient (Wildman–Crippen LogP) is 2.14. The van der Waals surface area contributed by atoms with E-state index in [1.807, 2.05) is 12.1 Å². The molecule has 0 saturated carbocycles. The summed E-state index contributed by atoms with van der Waals surface area (Å²) >= 11 is 0. The highest BCUT2D eigenvalue weighted by Gasteiger charge is 2.20. The molecule has 1 saturated heterocycles. The third kappa shape index (κ3) is 3.81. The largest absolute Gasteiger partial charge is 0.384 e. The molecule has 0 bridgehead atoms. The summed E-state index contributed by atoms with van der Waals surface area (Å²) < 4.78 is 5.28. The number of benzene rings is 1. The number of ether oxygens (including phenoxy) is 1. The van der Waals surface area contributed by atoms with Crippen molar-refractivity contribution in [2.24, 2.45) is 11.7 Å². The fourth-order valence-corrected chi connectivity index (χ4v) is 2.95. The summed E-state index contributed by atoms with van der Waals surface area (Å²) in [6.07, 6.45) is 2.52. The van der Waals surface area contributed by atoms with Gasteiger partial charge in [-0.2, -0.15) is 0 Å². The minimum Gasteiger partial charge on any atom is -0.384 e. The number of likely N-dealkylation sites (tertiary alicyclic amines) is 1. The van der Waals surface area contributed by atoms with Crippen molar-refractivity contribution in [2.75, 3.05) is 26.8 Å². The molecule has 4 nitrogen and oxygen atoms in total. The fourth-order valence-electron chi connectivity index (χ4n) is 2.95. The first-order valence-corrected chi connectivity index (χ1v) is 7.25. The zero-order valence-corrected chi connectivity index (χ0v) is 12.5. The molecule has 1 unspecified atom stereocenters. The van der Waals surface area contributed by atoms with Crippen LogP contribution in [-0.4, -0.2) is 37.5 Å². The van der Waals surface area contributed by atoms with E-state index in [2.05, 4.69) is 17.9 Å². The second kappa shape index (κ2) is 6.86. The van der Waals surface area contributed by atoms with E-state index in [4.69, 9.17) is 15.9 Å². The second-order valence-electron chi connectivity index (χ2n) is 5.75. The van der Waals surface area contributed by atoms with E-state index in [0.29, 0.717) is 5.92 Å². The number of nitrogens with one attached hydrogen (secondary N) is 1. The Hall–Kier alpha value is -1.39. The molecule has 2 rings (SSSR count). The molecule has 0 aromatic heterocycles. The molecular weight excluding hydrogens is 250 g/mol. The van der Waals surface area contributed by atoms with Crippen LogP contribution < -0.4 is 5.73 Å². The normalized spacial score (nSPS) is 20.0. The van der Waals surface area contributed by atoms with Crippen LogP contribution in [0.3, 0.4) is 0 Å². The first-order valence-electron chi connectivity index (χ1n) is 7.25. The van der Waals surface area contributed by atoms with Gasteiger partial charge in [0, 0.05) is 25.8 Å². The number of nitrogen functional groups attached to an aromatic ring is 1. The molecule has 1 aromatic rings. The number of hydrogen-bond donors (Lipinski definition) is 2. The maximum atomic E-state index is 7.48. The van der Waals surface area contributed by atoms with Crippen LogP contribution in [0.4, 0.5) is 0 Å². The number of rotatable bonds is 5. The van der Waals surface area contributed by atoms with Crippen molar-refractivity contribution in [3.8, 4) is 0 Å². The van der Waals surface area contributed by atoms with Crippen LogP contribution in [-0.2, 0) is 11.3 Å². The van der Waals surface area contributed by atoms with Crippen molar-refractivity contribution in [1.82, 2.24) is 4.90 Å². The SMILES string of the molecule is COCC1CCCN(Cc2ccc(C(=N)N)cc2C)C1. The van der Waals surface area contributed by atoms with Gasteiger partial charge in [-0.3, -0.25) is 10.3 Å². The Morgan fingerprint density at radius 1 is 1.50 bits per heavy atom. The number of piperidine rings is 1. The molecule has 0 radical (unpaired) electrons. The molecule has 1 aliphatic rings. The molecule has 0 aliphatic carbocycles. The maximum absolute atomic E-state index is 7.48. The van der Waals surface area contributed by atoms with E-state index in [1.165, 1.54) is 24.0 Å². The highest BCUT2D eigenvalue weighted by atomic mass is 16.5. The van der Waals surface area contributed by atoms with Crippen molar-refractivity contribution < 1.29 is 4.74 Å². The van der Waals surface area contributed by atoms with E-state index >= 15 is 0 Å². The lowest BCUT2D eigenvalue weighted by Gasteiger charge is -2.32. The number of amidine groups is 1. The lowest BCUT2D eigenvalue weighted by Crippen LogP contribution is -2.36. The summed E-state index contributed by atoms with van der Waals surface area (Å²) in [6, 6.07) is 6.06. The number of aryl methyl sites for hydroxylation is 1. The van der Waals surface area contributed by atoms with E-state index in [0.717, 1.165) is 31.8 Å². The topological polar surface area (TPSA) is 62.3 Å². The number of hydrogen-bond acceptors (Lipinski definition) is 3. The Kier molecular flexibility index (Phi) is 5.15. The predicted molar refractivity (Wildman–Crippen MR) is 82.1 cm³/mol. The van der Waals surface area contributed by atoms with Crippen LogP contribution in [0.1, 0.15) is 29.5 Å². The molecule has 20 heavy (non-hydrogen) atoms. The van der Waals surface area contributed by atoms with Crippen molar-refractivity contribution in [3.63, 3.8) is 0 Å². The van der Waals surface area contributed by atoms with E-state index in [1.54, 1.807) is 7.11 Å². The Labute approximate surface area is 121 Å². The van der Waals surface area contributed by atoms with Gasteiger partial charge >= 0.3 is 0 Å². The van der Waals surface area contributed by atoms with Crippen LogP contribution >= 0.6 is 0 Å². The van der Waals surface area contributed by atoms with Crippen molar-refractivity contribution in [2.45, 2.75) is 26.3 Å². The maximum Gasteiger partial charge on any atom is 0.122 e. The summed E-state index contributed by atoms with van der Waals surface area (Å²) in [5.74, 6) is 0.795. The summed E-state index contributed by atoms with van der Waals surface area (Å²) in [6.45, 7) is 6.21. The third-order valence-electron chi connectivity index (χ3n) is 4.05. The van der Waals surface area contributed by atoms with Crippen LogP contribution in [0, 0.1) is 18.3 Å². The highest BCUT2D eigenvalue weighted by Crippen LogP contribution is 2.20. The van der Waals surface area contributed by atoms with Crippen molar-refractivity contribution in [1.29, 1.82) is 5.41 Å². The van der Waals surface area contributed by atoms with Crippen LogP contribution in [0.2, 0.25) is 0 Å². The van der Waals surface area contributed by atoms with Crippen molar-refractivity contribution in [3.05, 3.63) is 34.9 Å². The standard InChI is InChI=1S/C16H25N3O/c1-12-8-14(16(17)18)5-6-15(12)10-19-7-3-4-13(9-19)11-20-2/h5-6,8,13H,3-4,7,9-11H2,1-2H3,(H3,17,18). The molecule has 1 heterocycles. The van der Waals surface area contributed by atoms with E-state index in [9.17, 15) is 0 Å². The molecule has 110 valence electrons. The molecule has 1 atom stereocenters. The quantitative estimate of drug-likeness (QED) is 0.639. The van der Waals surface area contributed by atoms with Gasteiger partial charge in [0.15, 0.2) is 0 Å². The minimum absolute atomic E-state index is 0.137. The van der Waals surface area contributed by atoms with E-state index in [-0.39, 0.29) is 5.84 Å². The van der Waals surface area contributed by atoms with Crippen LogP contribution in [0.5, 0.6) is 0 Å². The lowest BCUT2D eigenvalue weighted by atomic mass is 9.97. The molecule has 4 heteroatoms. The highest BCUT2D eigenvalue weighted by molar-refractivity contribution is 5.95. The molecular formula is C16H25N3O. The zero-order valence-electron chi connectivity index (χ0n) is 12.5. The zero-order chi connectivity index (χ0) is 14.5. The number of methoxy groups -OCH3 is 1. The molecule has 0 amide bonds. The summed E-state index contributed by atoms with van der Waals surface area (Å²) in [7, 11) is 1.78. The summed E-state index contributed by atoms with van der Waals surface area (Å²) in [5, 5.41) is 7.48. The van der Waals surface area contributed by atoms with Crippen molar-refractivity contribution >= 4 is 5.84 Å². The van der Waals surface area contributed by atoms with Gasteiger partial charge in [0.1, 0.15) is 5.84 Å². The number of nitrogens with two attached hydrogens (primary N) is 1. The van der Waals surface area contributed by atoms with Gasteiger partial charge in [0.05, 0.1) is 6.61 Å². The van der Waals surface area contributed by atoms with Gasteiger partial charge in [0.2, 0.25) is 0 Å². The molecule has 1 fully saturated rings. The van der Waals surface area contributed by atoms with Gasteiger partial charge in [-0.05, 0) is 49.4 Å². The molecule has 1 aromatic carbocycles. The van der Waals surface area contributed by atoms with Gasteiger partial charge in [-0.15, -0.1) is 0 Å². The number of nitrogens with zero attached hydrogens (tertiary/aromatic N) is 1. The molecule has 0 spiro atoms.